The normalized spacial score (nSPS) is 33.9. The molecule has 116 valence electrons. The van der Waals surface area contributed by atoms with E-state index in [0.29, 0.717) is 9.26 Å². The molecule has 8 nitrogen and oxygen atoms in total. The van der Waals surface area contributed by atoms with Crippen molar-refractivity contribution >= 4 is 28.5 Å². The number of carbonyl (C=O) groups is 1. The molecule has 4 atom stereocenters. The van der Waals surface area contributed by atoms with Gasteiger partial charge in [0.15, 0.2) is 12.0 Å². The van der Waals surface area contributed by atoms with Crippen LogP contribution in [0.4, 0.5) is 0 Å². The topological polar surface area (TPSA) is 106 Å². The first-order valence-corrected chi connectivity index (χ1v) is 7.61. The minimum atomic E-state index is -0.766. The number of aromatic nitrogens is 2. The number of aromatic amines is 1. The molecule has 9 heteroatoms. The third-order valence-corrected chi connectivity index (χ3v) is 4.24. The van der Waals surface area contributed by atoms with Gasteiger partial charge in [-0.1, -0.05) is 0 Å². The molecule has 0 aliphatic carbocycles. The van der Waals surface area contributed by atoms with Crippen LogP contribution < -0.4 is 5.32 Å². The van der Waals surface area contributed by atoms with Crippen molar-refractivity contribution in [1.82, 2.24) is 15.5 Å². The maximum absolute atomic E-state index is 12.2. The van der Waals surface area contributed by atoms with Crippen LogP contribution in [0.3, 0.4) is 0 Å². The van der Waals surface area contributed by atoms with Gasteiger partial charge in [0, 0.05) is 0 Å². The van der Waals surface area contributed by atoms with Crippen LogP contribution in [0.2, 0.25) is 0 Å². The number of H-pyrrole nitrogens is 1. The lowest BCUT2D eigenvalue weighted by molar-refractivity contribution is -0.192. The molecule has 2 fully saturated rings. The van der Waals surface area contributed by atoms with Crippen LogP contribution in [0.1, 0.15) is 24.3 Å². The number of hydrogen-bond donors (Lipinski definition) is 3. The molecule has 21 heavy (non-hydrogen) atoms. The van der Waals surface area contributed by atoms with Crippen LogP contribution >= 0.6 is 22.6 Å². The lowest BCUT2D eigenvalue weighted by Gasteiger charge is -2.23. The van der Waals surface area contributed by atoms with Gasteiger partial charge in [-0.25, -0.2) is 0 Å². The molecule has 0 saturated carbocycles. The van der Waals surface area contributed by atoms with E-state index in [9.17, 15) is 9.90 Å². The van der Waals surface area contributed by atoms with E-state index >= 15 is 0 Å². The maximum atomic E-state index is 12.2. The molecule has 0 unspecified atom stereocenters. The Balaban J connectivity index is 1.74. The summed E-state index contributed by atoms with van der Waals surface area (Å²) >= 11 is 2.01. The minimum absolute atomic E-state index is 0.200. The minimum Gasteiger partial charge on any atom is -0.394 e. The summed E-state index contributed by atoms with van der Waals surface area (Å²) < 4.78 is 17.8. The lowest BCUT2D eigenvalue weighted by atomic mass is 10.1. The van der Waals surface area contributed by atoms with E-state index < -0.39 is 30.3 Å². The van der Waals surface area contributed by atoms with Gasteiger partial charge in [-0.15, -0.1) is 0 Å². The van der Waals surface area contributed by atoms with Crippen molar-refractivity contribution in [2.24, 2.45) is 0 Å². The monoisotopic (exact) mass is 409 g/mol. The number of amides is 1. The number of ether oxygens (including phenoxy) is 3. The number of carbonyl (C=O) groups excluding carboxylic acids is 1. The largest absolute Gasteiger partial charge is 0.394 e. The second kappa shape index (κ2) is 5.47. The molecule has 0 radical (unpaired) electrons. The Kier molecular flexibility index (Phi) is 3.94. The summed E-state index contributed by atoms with van der Waals surface area (Å²) in [5.74, 6) is -1.11. The molecule has 0 spiro atoms. The van der Waals surface area contributed by atoms with Crippen LogP contribution in [0.15, 0.2) is 6.20 Å². The highest BCUT2D eigenvalue weighted by Crippen LogP contribution is 2.37. The number of aliphatic hydroxyl groups excluding tert-OH is 1. The highest BCUT2D eigenvalue weighted by Gasteiger charge is 2.55. The summed E-state index contributed by atoms with van der Waals surface area (Å²) in [7, 11) is 0. The van der Waals surface area contributed by atoms with E-state index in [-0.39, 0.29) is 12.5 Å². The summed E-state index contributed by atoms with van der Waals surface area (Å²) in [6.07, 6.45) is -0.510. The summed E-state index contributed by atoms with van der Waals surface area (Å²) in [5, 5.41) is 18.6. The number of rotatable bonds is 3. The molecule has 3 heterocycles. The Hall–Kier alpha value is -0.750. The quantitative estimate of drug-likeness (QED) is 0.607. The fraction of sp³-hybridized carbons (Fsp3) is 0.667. The maximum Gasteiger partial charge on any atom is 0.272 e. The molecule has 1 aromatic rings. The fourth-order valence-electron chi connectivity index (χ4n) is 2.58. The molecule has 1 aromatic heterocycles. The van der Waals surface area contributed by atoms with E-state index in [4.69, 9.17) is 14.2 Å². The van der Waals surface area contributed by atoms with E-state index in [1.54, 1.807) is 20.0 Å². The van der Waals surface area contributed by atoms with Crippen molar-refractivity contribution < 1.29 is 24.1 Å². The number of nitrogens with one attached hydrogen (secondary N) is 2. The Morgan fingerprint density at radius 2 is 2.24 bits per heavy atom. The molecule has 2 saturated heterocycles. The number of nitrogens with zero attached hydrogens (tertiary/aromatic N) is 1. The number of aliphatic hydroxyl groups is 1. The second-order valence-electron chi connectivity index (χ2n) is 5.41. The van der Waals surface area contributed by atoms with Gasteiger partial charge in [0.05, 0.1) is 16.4 Å². The van der Waals surface area contributed by atoms with E-state index in [1.165, 1.54) is 0 Å². The van der Waals surface area contributed by atoms with Gasteiger partial charge in [0.2, 0.25) is 0 Å². The Morgan fingerprint density at radius 3 is 2.86 bits per heavy atom. The van der Waals surface area contributed by atoms with Crippen molar-refractivity contribution in [2.75, 3.05) is 6.61 Å². The molecular formula is C12H16IN3O5. The molecule has 2 aliphatic rings. The van der Waals surface area contributed by atoms with Crippen LogP contribution in [0, 0.1) is 3.57 Å². The average Bonchev–Trinajstić information content (AvgIpc) is 3.04. The standard InChI is InChI=1S/C12H16IN3O5/c1-12(2)20-8-6(4-17)19-11(9(8)21-12)15-10(18)7-5(13)3-14-16-7/h3,6,8-9,11,17H,4H2,1-2H3,(H,14,16)(H,15,18)/t6-,8-,9-,11-/m1/s1. The van der Waals surface area contributed by atoms with Gasteiger partial charge in [0.25, 0.3) is 5.91 Å². The van der Waals surface area contributed by atoms with Gasteiger partial charge < -0.3 is 24.6 Å². The van der Waals surface area contributed by atoms with Gasteiger partial charge in [-0.2, -0.15) is 5.10 Å². The van der Waals surface area contributed by atoms with Crippen molar-refractivity contribution in [3.05, 3.63) is 15.5 Å². The number of fused-ring (bicyclic) bond motifs is 1. The Morgan fingerprint density at radius 1 is 1.52 bits per heavy atom. The summed E-state index contributed by atoms with van der Waals surface area (Å²) in [4.78, 5) is 12.2. The molecule has 1 amide bonds. The third kappa shape index (κ3) is 2.80. The molecular weight excluding hydrogens is 393 g/mol. The molecule has 3 N–H and O–H groups in total. The van der Waals surface area contributed by atoms with E-state index in [2.05, 4.69) is 15.5 Å². The summed E-state index contributed by atoms with van der Waals surface area (Å²) in [6.45, 7) is 3.38. The van der Waals surface area contributed by atoms with Gasteiger partial charge >= 0.3 is 0 Å². The number of halogens is 1. The summed E-state index contributed by atoms with van der Waals surface area (Å²) in [6, 6.07) is 0. The summed E-state index contributed by atoms with van der Waals surface area (Å²) in [5.41, 5.74) is 0.362. The second-order valence-corrected chi connectivity index (χ2v) is 6.57. The van der Waals surface area contributed by atoms with Crippen LogP contribution in [0.5, 0.6) is 0 Å². The Bertz CT molecular complexity index is 549. The van der Waals surface area contributed by atoms with E-state index in [0.717, 1.165) is 0 Å². The first-order chi connectivity index (χ1) is 9.91. The van der Waals surface area contributed by atoms with Crippen molar-refractivity contribution in [2.45, 2.75) is 44.2 Å². The van der Waals surface area contributed by atoms with E-state index in [1.807, 2.05) is 22.6 Å². The van der Waals surface area contributed by atoms with Gasteiger partial charge in [-0.3, -0.25) is 9.89 Å². The SMILES string of the molecule is CC1(C)O[C@@H]2[C@H](O1)[C@@H](CO)O[C@H]2NC(=O)c1[nH]ncc1I. The first-order valence-electron chi connectivity index (χ1n) is 6.53. The molecule has 3 rings (SSSR count). The lowest BCUT2D eigenvalue weighted by Crippen LogP contribution is -2.44. The van der Waals surface area contributed by atoms with Crippen LogP contribution in [0.25, 0.3) is 0 Å². The predicted molar refractivity (Wildman–Crippen MR) is 78.3 cm³/mol. The average molecular weight is 409 g/mol. The fourth-order valence-corrected chi connectivity index (χ4v) is 3.08. The van der Waals surface area contributed by atoms with Crippen LogP contribution in [-0.4, -0.2) is 58.1 Å². The zero-order valence-corrected chi connectivity index (χ0v) is 13.7. The van der Waals surface area contributed by atoms with Crippen molar-refractivity contribution in [3.8, 4) is 0 Å². The number of hydrogen-bond acceptors (Lipinski definition) is 6. The van der Waals surface area contributed by atoms with Crippen LogP contribution in [-0.2, 0) is 14.2 Å². The molecule has 2 aliphatic heterocycles. The highest BCUT2D eigenvalue weighted by atomic mass is 127. The highest BCUT2D eigenvalue weighted by molar-refractivity contribution is 14.1. The Labute approximate surface area is 134 Å². The third-order valence-electron chi connectivity index (χ3n) is 3.42. The predicted octanol–water partition coefficient (Wildman–Crippen LogP) is -0.0186. The first kappa shape index (κ1) is 15.2. The van der Waals surface area contributed by atoms with Gasteiger partial charge in [0.1, 0.15) is 24.0 Å². The smallest absolute Gasteiger partial charge is 0.272 e. The van der Waals surface area contributed by atoms with Crippen molar-refractivity contribution in [3.63, 3.8) is 0 Å². The van der Waals surface area contributed by atoms with Gasteiger partial charge in [-0.05, 0) is 36.4 Å². The molecule has 0 bridgehead atoms. The molecule has 0 aromatic carbocycles. The zero-order chi connectivity index (χ0) is 15.2. The van der Waals surface area contributed by atoms with Crippen molar-refractivity contribution in [1.29, 1.82) is 0 Å². The zero-order valence-electron chi connectivity index (χ0n) is 11.5.